The van der Waals surface area contributed by atoms with E-state index in [1.807, 2.05) is 32.0 Å². The van der Waals surface area contributed by atoms with Crippen molar-refractivity contribution in [3.05, 3.63) is 65.4 Å². The molecule has 128 valence electrons. The number of nitrogen functional groups attached to an aromatic ring is 1. The van der Waals surface area contributed by atoms with Crippen molar-refractivity contribution in [2.45, 2.75) is 13.8 Å². The van der Waals surface area contributed by atoms with Crippen LogP contribution in [0.15, 0.2) is 48.7 Å². The maximum Gasteiger partial charge on any atom is 0.269 e. The zero-order valence-corrected chi connectivity index (χ0v) is 14.1. The van der Waals surface area contributed by atoms with E-state index < -0.39 is 5.91 Å². The van der Waals surface area contributed by atoms with Crippen LogP contribution in [0.25, 0.3) is 10.9 Å². The zero-order chi connectivity index (χ0) is 18.0. The molecule has 0 aliphatic rings. The number of nitrogens with two attached hydrogens (primary N) is 1. The third-order valence-corrected chi connectivity index (χ3v) is 3.91. The Balaban J connectivity index is 1.88. The minimum absolute atomic E-state index is 0.134. The summed E-state index contributed by atoms with van der Waals surface area (Å²) in [5.41, 5.74) is 5.21. The quantitative estimate of drug-likeness (QED) is 0.435. The van der Waals surface area contributed by atoms with Gasteiger partial charge in [-0.3, -0.25) is 19.6 Å². The Morgan fingerprint density at radius 1 is 1.12 bits per heavy atom. The van der Waals surface area contributed by atoms with E-state index in [0.717, 1.165) is 11.1 Å². The third kappa shape index (κ3) is 3.39. The molecule has 2 aromatic carbocycles. The number of hydrazine groups is 1. The van der Waals surface area contributed by atoms with E-state index in [0.29, 0.717) is 22.2 Å². The van der Waals surface area contributed by atoms with Crippen LogP contribution in [0.4, 0.5) is 0 Å². The van der Waals surface area contributed by atoms with E-state index in [2.05, 4.69) is 5.43 Å². The lowest BCUT2D eigenvalue weighted by atomic mass is 10.1. The van der Waals surface area contributed by atoms with Gasteiger partial charge < -0.3 is 4.74 Å². The predicted molar refractivity (Wildman–Crippen MR) is 95.6 cm³/mol. The fourth-order valence-electron chi connectivity index (χ4n) is 2.88. The number of ether oxygens (including phenoxy) is 1. The molecule has 3 rings (SSSR count). The molecule has 0 saturated carbocycles. The second-order valence-corrected chi connectivity index (χ2v) is 5.91. The lowest BCUT2D eigenvalue weighted by Gasteiger charge is -2.09. The van der Waals surface area contributed by atoms with E-state index in [9.17, 15) is 9.59 Å². The van der Waals surface area contributed by atoms with Gasteiger partial charge >= 0.3 is 0 Å². The van der Waals surface area contributed by atoms with Crippen LogP contribution >= 0.6 is 0 Å². The molecule has 0 aliphatic heterocycles. The van der Waals surface area contributed by atoms with E-state index in [-0.39, 0.29) is 12.5 Å². The fraction of sp³-hybridized carbons (Fsp3) is 0.158. The normalized spacial score (nSPS) is 10.7. The number of nitrogens with one attached hydrogen (secondary N) is 1. The fourth-order valence-corrected chi connectivity index (χ4v) is 2.88. The van der Waals surface area contributed by atoms with Crippen LogP contribution in [-0.4, -0.2) is 23.0 Å². The summed E-state index contributed by atoms with van der Waals surface area (Å²) in [6.07, 6.45) is 1.49. The number of carbonyl (C=O) groups excluding carboxylic acids is 2. The summed E-state index contributed by atoms with van der Waals surface area (Å²) in [7, 11) is 0. The number of fused-ring (bicyclic) bond motifs is 1. The summed E-state index contributed by atoms with van der Waals surface area (Å²) >= 11 is 0. The molecule has 0 spiro atoms. The molecule has 25 heavy (non-hydrogen) atoms. The van der Waals surface area contributed by atoms with Crippen LogP contribution in [0.1, 0.15) is 26.3 Å². The monoisotopic (exact) mass is 337 g/mol. The van der Waals surface area contributed by atoms with Crippen molar-refractivity contribution in [1.29, 1.82) is 0 Å². The SMILES string of the molecule is Cc1cc(C)cc(OCC(=O)n2cc(C(=O)NN)c3ccccc32)c1. The number of carbonyl (C=O) groups is 2. The van der Waals surface area contributed by atoms with Crippen LogP contribution in [0.2, 0.25) is 0 Å². The Bertz CT molecular complexity index is 939. The van der Waals surface area contributed by atoms with Crippen molar-refractivity contribution in [1.82, 2.24) is 9.99 Å². The predicted octanol–water partition coefficient (Wildman–Crippen LogP) is 2.58. The van der Waals surface area contributed by atoms with Crippen LogP contribution < -0.4 is 16.0 Å². The highest BCUT2D eigenvalue weighted by Gasteiger charge is 2.17. The second-order valence-electron chi connectivity index (χ2n) is 5.91. The van der Waals surface area contributed by atoms with Gasteiger partial charge in [0, 0.05) is 11.6 Å². The third-order valence-electron chi connectivity index (χ3n) is 3.91. The summed E-state index contributed by atoms with van der Waals surface area (Å²) in [6, 6.07) is 12.9. The van der Waals surface area contributed by atoms with Crippen molar-refractivity contribution >= 4 is 22.7 Å². The number of nitrogens with zero attached hydrogens (tertiary/aromatic N) is 1. The Kier molecular flexibility index (Phi) is 4.54. The first-order valence-electron chi connectivity index (χ1n) is 7.85. The van der Waals surface area contributed by atoms with Crippen molar-refractivity contribution in [3.63, 3.8) is 0 Å². The maximum absolute atomic E-state index is 12.6. The molecule has 1 aromatic heterocycles. The van der Waals surface area contributed by atoms with Gasteiger partial charge in [0.15, 0.2) is 6.61 Å². The van der Waals surface area contributed by atoms with Crippen LogP contribution in [0.3, 0.4) is 0 Å². The average molecular weight is 337 g/mol. The first-order chi connectivity index (χ1) is 12.0. The molecule has 0 fully saturated rings. The van der Waals surface area contributed by atoms with Crippen LogP contribution in [0.5, 0.6) is 5.75 Å². The Hall–Kier alpha value is -3.12. The van der Waals surface area contributed by atoms with E-state index in [1.54, 1.807) is 24.3 Å². The summed E-state index contributed by atoms with van der Waals surface area (Å²) in [4.78, 5) is 24.5. The molecular weight excluding hydrogens is 318 g/mol. The van der Waals surface area contributed by atoms with Gasteiger partial charge in [-0.25, -0.2) is 5.84 Å². The Morgan fingerprint density at radius 2 is 1.80 bits per heavy atom. The van der Waals surface area contributed by atoms with Crippen molar-refractivity contribution in [2.24, 2.45) is 5.84 Å². The van der Waals surface area contributed by atoms with Gasteiger partial charge in [-0.2, -0.15) is 0 Å². The van der Waals surface area contributed by atoms with E-state index in [1.165, 1.54) is 10.8 Å². The number of para-hydroxylation sites is 1. The lowest BCUT2D eigenvalue weighted by molar-refractivity contribution is 0.0843. The number of benzene rings is 2. The van der Waals surface area contributed by atoms with Crippen molar-refractivity contribution < 1.29 is 14.3 Å². The molecule has 0 unspecified atom stereocenters. The Labute approximate surface area is 145 Å². The minimum Gasteiger partial charge on any atom is -0.484 e. The molecule has 0 aliphatic carbocycles. The minimum atomic E-state index is -0.446. The topological polar surface area (TPSA) is 86.3 Å². The molecule has 3 N–H and O–H groups in total. The van der Waals surface area contributed by atoms with Gasteiger partial charge in [-0.15, -0.1) is 0 Å². The number of hydrogen-bond acceptors (Lipinski definition) is 4. The highest BCUT2D eigenvalue weighted by Crippen LogP contribution is 2.22. The molecule has 0 radical (unpaired) electrons. The number of hydrogen-bond donors (Lipinski definition) is 2. The molecule has 1 heterocycles. The van der Waals surface area contributed by atoms with Crippen molar-refractivity contribution in [3.8, 4) is 5.75 Å². The molecule has 0 saturated heterocycles. The highest BCUT2D eigenvalue weighted by atomic mass is 16.5. The lowest BCUT2D eigenvalue weighted by Crippen LogP contribution is -2.29. The van der Waals surface area contributed by atoms with Gasteiger partial charge in [-0.1, -0.05) is 24.3 Å². The standard InChI is InChI=1S/C19H19N3O3/c1-12-7-13(2)9-14(8-12)25-11-18(23)22-10-16(19(24)21-20)15-5-3-4-6-17(15)22/h3-10H,11,20H2,1-2H3,(H,21,24). The van der Waals surface area contributed by atoms with Gasteiger partial charge in [0.05, 0.1) is 11.1 Å². The first-order valence-corrected chi connectivity index (χ1v) is 7.85. The van der Waals surface area contributed by atoms with Crippen molar-refractivity contribution in [2.75, 3.05) is 6.61 Å². The number of aryl methyl sites for hydroxylation is 2. The summed E-state index contributed by atoms with van der Waals surface area (Å²) in [5.74, 6) is 5.15. The van der Waals surface area contributed by atoms with Gasteiger partial charge in [0.2, 0.25) is 0 Å². The van der Waals surface area contributed by atoms with E-state index >= 15 is 0 Å². The number of aromatic nitrogens is 1. The Morgan fingerprint density at radius 3 is 2.48 bits per heavy atom. The van der Waals surface area contributed by atoms with Gasteiger partial charge in [-0.05, 0) is 43.2 Å². The van der Waals surface area contributed by atoms with Gasteiger partial charge in [0.25, 0.3) is 11.8 Å². The summed E-state index contributed by atoms with van der Waals surface area (Å²) in [5, 5.41) is 0.658. The molecule has 3 aromatic rings. The average Bonchev–Trinajstić information content (AvgIpc) is 2.98. The van der Waals surface area contributed by atoms with E-state index in [4.69, 9.17) is 10.6 Å². The van der Waals surface area contributed by atoms with Crippen LogP contribution in [0, 0.1) is 13.8 Å². The second kappa shape index (κ2) is 6.78. The summed E-state index contributed by atoms with van der Waals surface area (Å²) < 4.78 is 7.05. The summed E-state index contributed by atoms with van der Waals surface area (Å²) in [6.45, 7) is 3.81. The molecule has 0 atom stereocenters. The smallest absolute Gasteiger partial charge is 0.269 e. The molecule has 6 heteroatoms. The largest absolute Gasteiger partial charge is 0.484 e. The van der Waals surface area contributed by atoms with Gasteiger partial charge in [0.1, 0.15) is 5.75 Å². The molecule has 1 amide bonds. The highest BCUT2D eigenvalue weighted by molar-refractivity contribution is 6.09. The zero-order valence-electron chi connectivity index (χ0n) is 14.1. The molecule has 0 bridgehead atoms. The maximum atomic E-state index is 12.6. The number of rotatable bonds is 4. The molecule has 6 nitrogen and oxygen atoms in total. The first kappa shape index (κ1) is 16.7. The van der Waals surface area contributed by atoms with Crippen LogP contribution in [-0.2, 0) is 0 Å². The number of amides is 1. The molecular formula is C19H19N3O3.